The highest BCUT2D eigenvalue weighted by Gasteiger charge is 2.04. The molecule has 0 radical (unpaired) electrons. The smallest absolute Gasteiger partial charge is 0.189 e. The summed E-state index contributed by atoms with van der Waals surface area (Å²) in [6.07, 6.45) is 0.304. The number of hydrogen-bond acceptors (Lipinski definition) is 3. The molecule has 0 fully saturated rings. The molecule has 0 saturated carbocycles. The molecule has 0 aliphatic heterocycles. The van der Waals surface area contributed by atoms with Crippen molar-refractivity contribution in [3.05, 3.63) is 65.7 Å². The molecule has 0 heterocycles. The molecule has 0 bridgehead atoms. The van der Waals surface area contributed by atoms with Gasteiger partial charge < -0.3 is 14.6 Å². The van der Waals surface area contributed by atoms with E-state index in [9.17, 15) is 5.11 Å². The van der Waals surface area contributed by atoms with E-state index in [1.54, 1.807) is 0 Å². The molecule has 2 rings (SSSR count). The first-order valence-corrected chi connectivity index (χ1v) is 6.82. The van der Waals surface area contributed by atoms with Crippen LogP contribution in [0.15, 0.2) is 54.6 Å². The second-order valence-electron chi connectivity index (χ2n) is 4.59. The minimum Gasteiger partial charge on any atom is -0.468 e. The molecule has 0 amide bonds. The fraction of sp³-hybridized carbons (Fsp3) is 0.294. The van der Waals surface area contributed by atoms with Gasteiger partial charge in [-0.2, -0.15) is 0 Å². The van der Waals surface area contributed by atoms with Gasteiger partial charge in [-0.3, -0.25) is 0 Å². The molecular weight excluding hydrogens is 252 g/mol. The lowest BCUT2D eigenvalue weighted by Gasteiger charge is -2.10. The zero-order valence-corrected chi connectivity index (χ0v) is 11.7. The maximum Gasteiger partial charge on any atom is 0.189 e. The highest BCUT2D eigenvalue weighted by Crippen LogP contribution is 2.19. The van der Waals surface area contributed by atoms with Crippen LogP contribution in [0.5, 0.6) is 5.75 Å². The van der Waals surface area contributed by atoms with Crippen LogP contribution in [-0.4, -0.2) is 11.9 Å². The van der Waals surface area contributed by atoms with E-state index in [1.165, 1.54) is 0 Å². The molecule has 106 valence electrons. The lowest BCUT2D eigenvalue weighted by molar-refractivity contribution is 0.00502. The van der Waals surface area contributed by atoms with Crippen molar-refractivity contribution in [1.82, 2.24) is 0 Å². The molecule has 0 unspecified atom stereocenters. The van der Waals surface area contributed by atoms with E-state index in [0.717, 1.165) is 16.9 Å². The predicted molar refractivity (Wildman–Crippen MR) is 78.4 cm³/mol. The van der Waals surface area contributed by atoms with E-state index in [0.29, 0.717) is 13.0 Å². The first kappa shape index (κ1) is 14.6. The van der Waals surface area contributed by atoms with Crippen LogP contribution in [0.2, 0.25) is 0 Å². The Kier molecular flexibility index (Phi) is 5.59. The van der Waals surface area contributed by atoms with E-state index in [1.807, 2.05) is 61.5 Å². The van der Waals surface area contributed by atoms with Gasteiger partial charge in [-0.05, 0) is 29.7 Å². The molecule has 3 heteroatoms. The van der Waals surface area contributed by atoms with Gasteiger partial charge in [0.25, 0.3) is 0 Å². The summed E-state index contributed by atoms with van der Waals surface area (Å²) in [7, 11) is 0. The summed E-state index contributed by atoms with van der Waals surface area (Å²) < 4.78 is 10.9. The van der Waals surface area contributed by atoms with Gasteiger partial charge >= 0.3 is 0 Å². The van der Waals surface area contributed by atoms with Crippen LogP contribution in [0.4, 0.5) is 0 Å². The maximum absolute atomic E-state index is 9.69. The lowest BCUT2D eigenvalue weighted by Crippen LogP contribution is -2.03. The summed E-state index contributed by atoms with van der Waals surface area (Å²) in [5.74, 6) is 0.741. The number of hydrogen-bond donors (Lipinski definition) is 1. The van der Waals surface area contributed by atoms with Crippen LogP contribution in [-0.2, 0) is 11.3 Å². The first-order chi connectivity index (χ1) is 9.79. The van der Waals surface area contributed by atoms with Gasteiger partial charge in [-0.1, -0.05) is 49.4 Å². The Morgan fingerprint density at radius 1 is 1.00 bits per heavy atom. The van der Waals surface area contributed by atoms with Crippen molar-refractivity contribution in [1.29, 1.82) is 0 Å². The SMILES string of the molecule is CC[C@@H](O)c1ccc(OCOCc2ccccc2)cc1. The van der Waals surface area contributed by atoms with Crippen molar-refractivity contribution in [3.63, 3.8) is 0 Å². The Labute approximate surface area is 119 Å². The number of rotatable bonds is 7. The third kappa shape index (κ3) is 4.37. The summed E-state index contributed by atoms with van der Waals surface area (Å²) in [4.78, 5) is 0. The zero-order valence-electron chi connectivity index (χ0n) is 11.7. The minimum atomic E-state index is -0.404. The molecule has 20 heavy (non-hydrogen) atoms. The van der Waals surface area contributed by atoms with Gasteiger partial charge in [0.05, 0.1) is 12.7 Å². The molecule has 0 aliphatic carbocycles. The van der Waals surface area contributed by atoms with E-state index in [2.05, 4.69) is 0 Å². The maximum atomic E-state index is 9.69. The third-order valence-electron chi connectivity index (χ3n) is 3.07. The highest BCUT2D eigenvalue weighted by molar-refractivity contribution is 5.28. The molecule has 0 aliphatic rings. The van der Waals surface area contributed by atoms with Gasteiger partial charge in [0.2, 0.25) is 0 Å². The van der Waals surface area contributed by atoms with Crippen LogP contribution < -0.4 is 4.74 Å². The predicted octanol–water partition coefficient (Wildman–Crippen LogP) is 3.68. The quantitative estimate of drug-likeness (QED) is 0.617. The van der Waals surface area contributed by atoms with Crippen molar-refractivity contribution in [3.8, 4) is 5.75 Å². The Morgan fingerprint density at radius 3 is 2.35 bits per heavy atom. The fourth-order valence-electron chi connectivity index (χ4n) is 1.87. The van der Waals surface area contributed by atoms with Gasteiger partial charge in [-0.25, -0.2) is 0 Å². The summed E-state index contributed by atoms with van der Waals surface area (Å²) >= 11 is 0. The van der Waals surface area contributed by atoms with Crippen LogP contribution in [0.1, 0.15) is 30.6 Å². The topological polar surface area (TPSA) is 38.7 Å². The molecule has 0 spiro atoms. The number of aliphatic hydroxyl groups is 1. The third-order valence-corrected chi connectivity index (χ3v) is 3.07. The molecular formula is C17H20O3. The van der Waals surface area contributed by atoms with Crippen LogP contribution in [0, 0.1) is 0 Å². The summed E-state index contributed by atoms with van der Waals surface area (Å²) in [6.45, 7) is 2.70. The summed E-state index contributed by atoms with van der Waals surface area (Å²) in [5, 5.41) is 9.69. The highest BCUT2D eigenvalue weighted by atomic mass is 16.7. The van der Waals surface area contributed by atoms with Crippen LogP contribution >= 0.6 is 0 Å². The number of ether oxygens (including phenoxy) is 2. The molecule has 1 atom stereocenters. The van der Waals surface area contributed by atoms with E-state index in [4.69, 9.17) is 9.47 Å². The van der Waals surface area contributed by atoms with Gasteiger partial charge in [0, 0.05) is 0 Å². The van der Waals surface area contributed by atoms with Crippen molar-refractivity contribution >= 4 is 0 Å². The van der Waals surface area contributed by atoms with E-state index >= 15 is 0 Å². The van der Waals surface area contributed by atoms with Crippen LogP contribution in [0.3, 0.4) is 0 Å². The zero-order chi connectivity index (χ0) is 14.2. The standard InChI is InChI=1S/C17H20O3/c1-2-17(18)15-8-10-16(11-9-15)20-13-19-12-14-6-4-3-5-7-14/h3-11,17-18H,2,12-13H2,1H3/t17-/m1/s1. The van der Waals surface area contributed by atoms with Crippen molar-refractivity contribution in [2.75, 3.05) is 6.79 Å². The Hall–Kier alpha value is -1.84. The molecule has 0 saturated heterocycles. The average molecular weight is 272 g/mol. The normalized spacial score (nSPS) is 12.1. The monoisotopic (exact) mass is 272 g/mol. The van der Waals surface area contributed by atoms with E-state index < -0.39 is 6.10 Å². The molecule has 0 aromatic heterocycles. The van der Waals surface area contributed by atoms with Crippen molar-refractivity contribution in [2.45, 2.75) is 26.1 Å². The second kappa shape index (κ2) is 7.68. The average Bonchev–Trinajstić information content (AvgIpc) is 2.52. The van der Waals surface area contributed by atoms with Crippen LogP contribution in [0.25, 0.3) is 0 Å². The fourth-order valence-corrected chi connectivity index (χ4v) is 1.87. The molecule has 1 N–H and O–H groups in total. The second-order valence-corrected chi connectivity index (χ2v) is 4.59. The largest absolute Gasteiger partial charge is 0.468 e. The molecule has 2 aromatic carbocycles. The number of benzene rings is 2. The summed E-state index contributed by atoms with van der Waals surface area (Å²) in [6, 6.07) is 17.4. The van der Waals surface area contributed by atoms with Crippen molar-refractivity contribution in [2.24, 2.45) is 0 Å². The molecule has 2 aromatic rings. The van der Waals surface area contributed by atoms with Crippen molar-refractivity contribution < 1.29 is 14.6 Å². The van der Waals surface area contributed by atoms with Gasteiger partial charge in [0.1, 0.15) is 5.75 Å². The Bertz CT molecular complexity index is 493. The Morgan fingerprint density at radius 2 is 1.70 bits per heavy atom. The minimum absolute atomic E-state index is 0.213. The molecule has 3 nitrogen and oxygen atoms in total. The van der Waals surface area contributed by atoms with Gasteiger partial charge in [0.15, 0.2) is 6.79 Å². The Balaban J connectivity index is 1.74. The van der Waals surface area contributed by atoms with E-state index in [-0.39, 0.29) is 6.79 Å². The first-order valence-electron chi connectivity index (χ1n) is 6.82. The lowest BCUT2D eigenvalue weighted by atomic mass is 10.1. The number of aliphatic hydroxyl groups excluding tert-OH is 1. The van der Waals surface area contributed by atoms with Gasteiger partial charge in [-0.15, -0.1) is 0 Å². The summed E-state index contributed by atoms with van der Waals surface area (Å²) in [5.41, 5.74) is 2.03.